The number of rotatable bonds is 2. The Bertz CT molecular complexity index is 340. The zero-order chi connectivity index (χ0) is 10.0. The van der Waals surface area contributed by atoms with Gasteiger partial charge in [-0.15, -0.1) is 11.6 Å². The molecule has 1 unspecified atom stereocenters. The molecule has 0 fully saturated rings. The number of benzene rings is 1. The molecule has 4 heteroatoms. The topological polar surface area (TPSA) is 43.1 Å². The fraction of sp³-hybridized carbons (Fsp3) is 0.222. The monoisotopic (exact) mass is 261 g/mol. The van der Waals surface area contributed by atoms with Gasteiger partial charge in [0.15, 0.2) is 5.78 Å². The van der Waals surface area contributed by atoms with Crippen LogP contribution in [0.1, 0.15) is 17.9 Å². The Morgan fingerprint density at radius 1 is 1.62 bits per heavy atom. The van der Waals surface area contributed by atoms with Crippen molar-refractivity contribution in [2.45, 2.75) is 12.3 Å². The molecule has 0 aromatic heterocycles. The summed E-state index contributed by atoms with van der Waals surface area (Å²) in [4.78, 5) is 11.0. The molecule has 0 radical (unpaired) electrons. The van der Waals surface area contributed by atoms with Gasteiger partial charge in [-0.1, -0.05) is 15.9 Å². The maximum Gasteiger partial charge on any atom is 0.152 e. The van der Waals surface area contributed by atoms with Gasteiger partial charge in [-0.2, -0.15) is 0 Å². The molecule has 1 aromatic rings. The molecule has 0 spiro atoms. The second-order valence-electron chi connectivity index (χ2n) is 2.75. The van der Waals surface area contributed by atoms with Gasteiger partial charge in [0.2, 0.25) is 0 Å². The molecular formula is C9H9BrClNO. The van der Waals surface area contributed by atoms with Crippen LogP contribution in [0.4, 0.5) is 5.69 Å². The summed E-state index contributed by atoms with van der Waals surface area (Å²) in [6.07, 6.45) is 0. The highest BCUT2D eigenvalue weighted by molar-refractivity contribution is 9.10. The smallest absolute Gasteiger partial charge is 0.152 e. The molecule has 70 valence electrons. The molecule has 0 heterocycles. The summed E-state index contributed by atoms with van der Waals surface area (Å²) in [6, 6.07) is 5.29. The third-order valence-electron chi connectivity index (χ3n) is 1.68. The lowest BCUT2D eigenvalue weighted by molar-refractivity contribution is -0.116. The number of nitrogen functional groups attached to an aromatic ring is 1. The van der Waals surface area contributed by atoms with E-state index in [0.29, 0.717) is 11.3 Å². The lowest BCUT2D eigenvalue weighted by Crippen LogP contribution is -2.04. The Hall–Kier alpha value is -0.540. The molecule has 0 aliphatic heterocycles. The van der Waals surface area contributed by atoms with Gasteiger partial charge in [0.25, 0.3) is 0 Å². The van der Waals surface area contributed by atoms with Crippen molar-refractivity contribution in [3.8, 4) is 0 Å². The Labute approximate surface area is 90.2 Å². The number of carbonyl (C=O) groups excluding carboxylic acids is 1. The largest absolute Gasteiger partial charge is 0.398 e. The number of nitrogens with two attached hydrogens (primary N) is 1. The minimum absolute atomic E-state index is 0.105. The Kier molecular flexibility index (Phi) is 3.33. The number of ketones is 1. The molecule has 2 N–H and O–H groups in total. The molecule has 1 atom stereocenters. The van der Waals surface area contributed by atoms with Gasteiger partial charge >= 0.3 is 0 Å². The number of hydrogen-bond acceptors (Lipinski definition) is 2. The zero-order valence-electron chi connectivity index (χ0n) is 7.05. The molecule has 1 rings (SSSR count). The first-order valence-electron chi connectivity index (χ1n) is 3.72. The van der Waals surface area contributed by atoms with Crippen LogP contribution in [-0.2, 0) is 4.79 Å². The number of hydrogen-bond donors (Lipinski definition) is 1. The number of halogens is 2. The third kappa shape index (κ3) is 2.45. The lowest BCUT2D eigenvalue weighted by atomic mass is 10.1. The molecule has 0 saturated carbocycles. The minimum atomic E-state index is -0.655. The van der Waals surface area contributed by atoms with Crippen molar-refractivity contribution in [3.63, 3.8) is 0 Å². The number of carbonyl (C=O) groups is 1. The van der Waals surface area contributed by atoms with E-state index in [-0.39, 0.29) is 5.78 Å². The van der Waals surface area contributed by atoms with E-state index in [2.05, 4.69) is 15.9 Å². The fourth-order valence-electron chi connectivity index (χ4n) is 0.984. The number of alkyl halides is 1. The fourth-order valence-corrected chi connectivity index (χ4v) is 1.55. The van der Waals surface area contributed by atoms with Crippen LogP contribution in [0.15, 0.2) is 22.7 Å². The highest BCUT2D eigenvalue weighted by Crippen LogP contribution is 2.29. The van der Waals surface area contributed by atoms with Crippen molar-refractivity contribution in [1.82, 2.24) is 0 Å². The van der Waals surface area contributed by atoms with Crippen molar-refractivity contribution in [3.05, 3.63) is 28.2 Å². The summed E-state index contributed by atoms with van der Waals surface area (Å²) in [6.45, 7) is 1.44. The Balaban J connectivity index is 3.12. The summed E-state index contributed by atoms with van der Waals surface area (Å²) in [5, 5.41) is -0.655. The molecule has 13 heavy (non-hydrogen) atoms. The van der Waals surface area contributed by atoms with Crippen LogP contribution in [-0.4, -0.2) is 5.78 Å². The summed E-state index contributed by atoms with van der Waals surface area (Å²) in [7, 11) is 0. The molecule has 1 aromatic carbocycles. The maximum atomic E-state index is 11.0. The molecule has 0 aliphatic carbocycles. The first-order valence-corrected chi connectivity index (χ1v) is 4.94. The van der Waals surface area contributed by atoms with Gasteiger partial charge in [0.1, 0.15) is 5.38 Å². The van der Waals surface area contributed by atoms with E-state index in [1.54, 1.807) is 12.1 Å². The van der Waals surface area contributed by atoms with Crippen LogP contribution in [0.2, 0.25) is 0 Å². The van der Waals surface area contributed by atoms with E-state index in [9.17, 15) is 4.79 Å². The summed E-state index contributed by atoms with van der Waals surface area (Å²) < 4.78 is 0.864. The van der Waals surface area contributed by atoms with Crippen LogP contribution in [0.25, 0.3) is 0 Å². The molecule has 2 nitrogen and oxygen atoms in total. The van der Waals surface area contributed by atoms with Crippen LogP contribution in [0, 0.1) is 0 Å². The van der Waals surface area contributed by atoms with Gasteiger partial charge in [-0.25, -0.2) is 0 Å². The van der Waals surface area contributed by atoms with Gasteiger partial charge in [0, 0.05) is 15.7 Å². The standard InChI is InChI=1S/C9H9BrClNO/c1-5(13)9(11)7-4-6(10)2-3-8(7)12/h2-4,9H,12H2,1H3. The summed E-state index contributed by atoms with van der Waals surface area (Å²) in [5.41, 5.74) is 6.87. The third-order valence-corrected chi connectivity index (χ3v) is 2.71. The van der Waals surface area contributed by atoms with E-state index in [0.717, 1.165) is 4.47 Å². The van der Waals surface area contributed by atoms with E-state index < -0.39 is 5.38 Å². The first kappa shape index (κ1) is 10.5. The molecular weight excluding hydrogens is 253 g/mol. The molecule has 0 bridgehead atoms. The number of anilines is 1. The summed E-state index contributed by atoms with van der Waals surface area (Å²) in [5.74, 6) is -0.105. The van der Waals surface area contributed by atoms with Crippen LogP contribution < -0.4 is 5.73 Å². The van der Waals surface area contributed by atoms with E-state index in [1.165, 1.54) is 6.92 Å². The normalized spacial score (nSPS) is 12.5. The van der Waals surface area contributed by atoms with Crippen LogP contribution in [0.3, 0.4) is 0 Å². The van der Waals surface area contributed by atoms with Crippen molar-refractivity contribution >= 4 is 39.0 Å². The maximum absolute atomic E-state index is 11.0. The number of Topliss-reactive ketones (excluding diaryl/α,β-unsaturated/α-hetero) is 1. The van der Waals surface area contributed by atoms with Gasteiger partial charge in [-0.3, -0.25) is 4.79 Å². The van der Waals surface area contributed by atoms with Gasteiger partial charge in [-0.05, 0) is 25.1 Å². The average molecular weight is 263 g/mol. The minimum Gasteiger partial charge on any atom is -0.398 e. The quantitative estimate of drug-likeness (QED) is 0.658. The van der Waals surface area contributed by atoms with Gasteiger partial charge in [0.05, 0.1) is 0 Å². The lowest BCUT2D eigenvalue weighted by Gasteiger charge is -2.09. The Morgan fingerprint density at radius 3 is 2.77 bits per heavy atom. The summed E-state index contributed by atoms with van der Waals surface area (Å²) >= 11 is 9.16. The zero-order valence-corrected chi connectivity index (χ0v) is 9.39. The molecule has 0 amide bonds. The second-order valence-corrected chi connectivity index (χ2v) is 4.10. The second kappa shape index (κ2) is 4.11. The van der Waals surface area contributed by atoms with Gasteiger partial charge < -0.3 is 5.73 Å². The predicted molar refractivity (Wildman–Crippen MR) is 57.8 cm³/mol. The van der Waals surface area contributed by atoms with E-state index >= 15 is 0 Å². The van der Waals surface area contributed by atoms with E-state index in [1.807, 2.05) is 6.07 Å². The van der Waals surface area contributed by atoms with Crippen molar-refractivity contribution in [1.29, 1.82) is 0 Å². The van der Waals surface area contributed by atoms with Crippen molar-refractivity contribution in [2.24, 2.45) is 0 Å². The first-order chi connectivity index (χ1) is 6.02. The average Bonchev–Trinajstić information content (AvgIpc) is 2.08. The van der Waals surface area contributed by atoms with Crippen LogP contribution >= 0.6 is 27.5 Å². The Morgan fingerprint density at radius 2 is 2.23 bits per heavy atom. The molecule has 0 saturated heterocycles. The van der Waals surface area contributed by atoms with Crippen molar-refractivity contribution in [2.75, 3.05) is 5.73 Å². The van der Waals surface area contributed by atoms with Crippen LogP contribution in [0.5, 0.6) is 0 Å². The highest BCUT2D eigenvalue weighted by atomic mass is 79.9. The predicted octanol–water partition coefficient (Wildman–Crippen LogP) is 2.90. The van der Waals surface area contributed by atoms with E-state index in [4.69, 9.17) is 17.3 Å². The molecule has 0 aliphatic rings. The van der Waals surface area contributed by atoms with Crippen molar-refractivity contribution < 1.29 is 4.79 Å². The highest BCUT2D eigenvalue weighted by Gasteiger charge is 2.15. The SMILES string of the molecule is CC(=O)C(Cl)c1cc(Br)ccc1N.